The quantitative estimate of drug-likeness (QED) is 0.843. The van der Waals surface area contributed by atoms with Gasteiger partial charge in [0.05, 0.1) is 25.4 Å². The summed E-state index contributed by atoms with van der Waals surface area (Å²) in [6.07, 6.45) is 5.43. The molecule has 0 N–H and O–H groups in total. The monoisotopic (exact) mass is 328 g/mol. The molecule has 1 aromatic heterocycles. The standard InChI is InChI=1S/C18H24N4O2/c1-20(2)9-10-21-13-15(12-19-21)18(23)22-8-4-5-14-11-16(24-3)6-7-17(14)22/h6-7,11-13H,4-5,8-10H2,1-3H3. The lowest BCUT2D eigenvalue weighted by atomic mass is 10.0. The number of methoxy groups -OCH3 is 1. The Morgan fingerprint density at radius 2 is 2.21 bits per heavy atom. The summed E-state index contributed by atoms with van der Waals surface area (Å²) < 4.78 is 7.11. The minimum atomic E-state index is 0.0113. The van der Waals surface area contributed by atoms with Crippen molar-refractivity contribution in [3.8, 4) is 5.75 Å². The van der Waals surface area contributed by atoms with Gasteiger partial charge in [0, 0.05) is 25.0 Å². The number of anilines is 1. The Balaban J connectivity index is 1.79. The number of aryl methyl sites for hydroxylation is 1. The number of likely N-dealkylation sites (N-methyl/N-ethyl adjacent to an activating group) is 1. The van der Waals surface area contributed by atoms with Crippen molar-refractivity contribution < 1.29 is 9.53 Å². The Labute approximate surface area is 142 Å². The minimum absolute atomic E-state index is 0.0113. The van der Waals surface area contributed by atoms with Crippen LogP contribution in [0.3, 0.4) is 0 Å². The van der Waals surface area contributed by atoms with Crippen LogP contribution in [0.25, 0.3) is 0 Å². The molecule has 0 saturated heterocycles. The molecule has 128 valence electrons. The maximum Gasteiger partial charge on any atom is 0.261 e. The Bertz CT molecular complexity index is 724. The zero-order valence-corrected chi connectivity index (χ0v) is 14.5. The van der Waals surface area contributed by atoms with E-state index in [1.807, 2.05) is 48.1 Å². The van der Waals surface area contributed by atoms with Crippen molar-refractivity contribution in [2.75, 3.05) is 39.2 Å². The molecule has 0 saturated carbocycles. The van der Waals surface area contributed by atoms with Gasteiger partial charge in [-0.3, -0.25) is 9.48 Å². The predicted octanol–water partition coefficient (Wildman–Crippen LogP) is 2.05. The number of ether oxygens (including phenoxy) is 1. The van der Waals surface area contributed by atoms with Crippen LogP contribution in [0.4, 0.5) is 5.69 Å². The highest BCUT2D eigenvalue weighted by molar-refractivity contribution is 6.06. The number of aromatic nitrogens is 2. The van der Waals surface area contributed by atoms with Crippen molar-refractivity contribution in [2.24, 2.45) is 0 Å². The van der Waals surface area contributed by atoms with Gasteiger partial charge in [0.2, 0.25) is 0 Å². The molecule has 0 bridgehead atoms. The Hall–Kier alpha value is -2.34. The normalized spacial score (nSPS) is 13.9. The second-order valence-corrected chi connectivity index (χ2v) is 6.35. The number of carbonyl (C=O) groups is 1. The van der Waals surface area contributed by atoms with Gasteiger partial charge in [-0.15, -0.1) is 0 Å². The summed E-state index contributed by atoms with van der Waals surface area (Å²) in [5.41, 5.74) is 2.78. The summed E-state index contributed by atoms with van der Waals surface area (Å²) in [5, 5.41) is 4.31. The number of benzene rings is 1. The third kappa shape index (κ3) is 3.43. The zero-order chi connectivity index (χ0) is 17.1. The van der Waals surface area contributed by atoms with E-state index in [-0.39, 0.29) is 5.91 Å². The van der Waals surface area contributed by atoms with E-state index in [2.05, 4.69) is 10.00 Å². The molecule has 6 heteroatoms. The highest BCUT2D eigenvalue weighted by atomic mass is 16.5. The number of nitrogens with zero attached hydrogens (tertiary/aromatic N) is 4. The first kappa shape index (κ1) is 16.5. The van der Waals surface area contributed by atoms with Crippen molar-refractivity contribution in [1.29, 1.82) is 0 Å². The van der Waals surface area contributed by atoms with Crippen LogP contribution in [0.15, 0.2) is 30.6 Å². The molecule has 2 heterocycles. The maximum atomic E-state index is 12.9. The van der Waals surface area contributed by atoms with Gasteiger partial charge in [-0.25, -0.2) is 0 Å². The Morgan fingerprint density at radius 3 is 2.96 bits per heavy atom. The van der Waals surface area contributed by atoms with Gasteiger partial charge in [-0.2, -0.15) is 5.10 Å². The number of carbonyl (C=O) groups excluding carboxylic acids is 1. The van der Waals surface area contributed by atoms with Crippen molar-refractivity contribution >= 4 is 11.6 Å². The van der Waals surface area contributed by atoms with E-state index < -0.39 is 0 Å². The third-order valence-corrected chi connectivity index (χ3v) is 4.31. The van der Waals surface area contributed by atoms with Gasteiger partial charge in [-0.1, -0.05) is 0 Å². The smallest absolute Gasteiger partial charge is 0.261 e. The van der Waals surface area contributed by atoms with Crippen LogP contribution in [-0.2, 0) is 13.0 Å². The molecule has 24 heavy (non-hydrogen) atoms. The van der Waals surface area contributed by atoms with Crippen molar-refractivity contribution in [1.82, 2.24) is 14.7 Å². The Kier molecular flexibility index (Phi) is 4.85. The fourth-order valence-corrected chi connectivity index (χ4v) is 2.97. The van der Waals surface area contributed by atoms with Crippen molar-refractivity contribution in [3.05, 3.63) is 41.7 Å². The molecule has 0 atom stereocenters. The maximum absolute atomic E-state index is 12.9. The highest BCUT2D eigenvalue weighted by Gasteiger charge is 2.24. The molecule has 6 nitrogen and oxygen atoms in total. The summed E-state index contributed by atoms with van der Waals surface area (Å²) in [7, 11) is 5.71. The van der Waals surface area contributed by atoms with Crippen LogP contribution >= 0.6 is 0 Å². The molecular formula is C18H24N4O2. The molecule has 0 unspecified atom stereocenters. The second kappa shape index (κ2) is 7.05. The molecule has 1 aliphatic heterocycles. The molecule has 0 radical (unpaired) electrons. The first-order valence-electron chi connectivity index (χ1n) is 8.24. The van der Waals surface area contributed by atoms with E-state index in [1.54, 1.807) is 13.3 Å². The van der Waals surface area contributed by atoms with Crippen LogP contribution in [0.1, 0.15) is 22.3 Å². The first-order chi connectivity index (χ1) is 11.6. The molecule has 1 aliphatic rings. The van der Waals surface area contributed by atoms with Gasteiger partial charge < -0.3 is 14.5 Å². The second-order valence-electron chi connectivity index (χ2n) is 6.35. The number of fused-ring (bicyclic) bond motifs is 1. The van der Waals surface area contributed by atoms with E-state index in [9.17, 15) is 4.79 Å². The first-order valence-corrected chi connectivity index (χ1v) is 8.24. The average Bonchev–Trinajstić information content (AvgIpc) is 3.07. The molecular weight excluding hydrogens is 304 g/mol. The van der Waals surface area contributed by atoms with Gasteiger partial charge in [-0.05, 0) is 50.7 Å². The molecule has 0 spiro atoms. The summed E-state index contributed by atoms with van der Waals surface area (Å²) >= 11 is 0. The number of rotatable bonds is 5. The highest BCUT2D eigenvalue weighted by Crippen LogP contribution is 2.31. The van der Waals surface area contributed by atoms with Crippen LogP contribution in [0.2, 0.25) is 0 Å². The summed E-state index contributed by atoms with van der Waals surface area (Å²) in [5.74, 6) is 0.844. The van der Waals surface area contributed by atoms with E-state index in [1.165, 1.54) is 0 Å². The number of amides is 1. The Morgan fingerprint density at radius 1 is 1.38 bits per heavy atom. The topological polar surface area (TPSA) is 50.6 Å². The van der Waals surface area contributed by atoms with Crippen LogP contribution < -0.4 is 9.64 Å². The van der Waals surface area contributed by atoms with E-state index in [4.69, 9.17) is 4.74 Å². The fraction of sp³-hybridized carbons (Fsp3) is 0.444. The van der Waals surface area contributed by atoms with Crippen molar-refractivity contribution in [3.63, 3.8) is 0 Å². The third-order valence-electron chi connectivity index (χ3n) is 4.31. The molecule has 3 rings (SSSR count). The molecule has 2 aromatic rings. The predicted molar refractivity (Wildman–Crippen MR) is 93.8 cm³/mol. The van der Waals surface area contributed by atoms with Gasteiger partial charge in [0.25, 0.3) is 5.91 Å². The van der Waals surface area contributed by atoms with Gasteiger partial charge in [0.15, 0.2) is 0 Å². The number of hydrogen-bond donors (Lipinski definition) is 0. The fourth-order valence-electron chi connectivity index (χ4n) is 2.97. The lowest BCUT2D eigenvalue weighted by molar-refractivity contribution is 0.0985. The van der Waals surface area contributed by atoms with E-state index in [0.717, 1.165) is 49.5 Å². The largest absolute Gasteiger partial charge is 0.497 e. The zero-order valence-electron chi connectivity index (χ0n) is 14.5. The number of hydrogen-bond acceptors (Lipinski definition) is 4. The summed E-state index contributed by atoms with van der Waals surface area (Å²) in [6, 6.07) is 5.90. The lowest BCUT2D eigenvalue weighted by Crippen LogP contribution is -2.35. The SMILES string of the molecule is COc1ccc2c(c1)CCCN2C(=O)c1cnn(CCN(C)C)c1. The molecule has 1 aromatic carbocycles. The lowest BCUT2D eigenvalue weighted by Gasteiger charge is -2.29. The molecule has 0 fully saturated rings. The van der Waals surface area contributed by atoms with E-state index in [0.29, 0.717) is 5.56 Å². The summed E-state index contributed by atoms with van der Waals surface area (Å²) in [4.78, 5) is 16.8. The average molecular weight is 328 g/mol. The van der Waals surface area contributed by atoms with E-state index >= 15 is 0 Å². The molecule has 1 amide bonds. The van der Waals surface area contributed by atoms with Crippen molar-refractivity contribution in [2.45, 2.75) is 19.4 Å². The van der Waals surface area contributed by atoms with Crippen LogP contribution in [0, 0.1) is 0 Å². The summed E-state index contributed by atoms with van der Waals surface area (Å²) in [6.45, 7) is 2.40. The van der Waals surface area contributed by atoms with Crippen LogP contribution in [-0.4, -0.2) is 54.9 Å². The minimum Gasteiger partial charge on any atom is -0.497 e. The van der Waals surface area contributed by atoms with Gasteiger partial charge in [0.1, 0.15) is 5.75 Å². The van der Waals surface area contributed by atoms with Crippen LogP contribution in [0.5, 0.6) is 5.75 Å². The van der Waals surface area contributed by atoms with Gasteiger partial charge >= 0.3 is 0 Å². The molecule has 0 aliphatic carbocycles.